The van der Waals surface area contributed by atoms with Crippen LogP contribution >= 0.6 is 0 Å². The molecule has 1 N–H and O–H groups in total. The summed E-state index contributed by atoms with van der Waals surface area (Å²) >= 11 is 0. The second kappa shape index (κ2) is 6.91. The highest BCUT2D eigenvalue weighted by atomic mass is 16.5. The van der Waals surface area contributed by atoms with E-state index in [0.29, 0.717) is 41.1 Å². The van der Waals surface area contributed by atoms with Gasteiger partial charge in [0.1, 0.15) is 0 Å². The van der Waals surface area contributed by atoms with Crippen molar-refractivity contribution in [3.8, 4) is 11.3 Å². The lowest BCUT2D eigenvalue weighted by Crippen LogP contribution is -2.28. The smallest absolute Gasteiger partial charge is 0.259 e. The fourth-order valence-electron chi connectivity index (χ4n) is 3.25. The molecule has 4 heterocycles. The fourth-order valence-corrected chi connectivity index (χ4v) is 3.25. The number of rotatable bonds is 5. The first-order valence-corrected chi connectivity index (χ1v) is 8.97. The van der Waals surface area contributed by atoms with Crippen molar-refractivity contribution in [2.45, 2.75) is 27.3 Å². The molecule has 0 bridgehead atoms. The van der Waals surface area contributed by atoms with Gasteiger partial charge in [-0.2, -0.15) is 10.2 Å². The van der Waals surface area contributed by atoms with Crippen molar-refractivity contribution in [1.29, 1.82) is 0 Å². The zero-order valence-corrected chi connectivity index (χ0v) is 16.2. The van der Waals surface area contributed by atoms with E-state index in [4.69, 9.17) is 4.52 Å². The molecule has 0 saturated heterocycles. The third-order valence-electron chi connectivity index (χ3n) is 4.57. The van der Waals surface area contributed by atoms with Crippen LogP contribution in [0.2, 0.25) is 0 Å². The lowest BCUT2D eigenvalue weighted by molar-refractivity contribution is 0.0953. The SMILES string of the molecule is Cc1cc(C)n(CCNC(=O)c2cc(-c3cnn(C)c3)nc3onc(C)c23)n1. The molecule has 0 spiro atoms. The summed E-state index contributed by atoms with van der Waals surface area (Å²) in [6, 6.07) is 3.76. The van der Waals surface area contributed by atoms with E-state index in [1.54, 1.807) is 23.9 Å². The molecule has 1 amide bonds. The Kier molecular flexibility index (Phi) is 4.42. The number of hydrogen-bond donors (Lipinski definition) is 1. The van der Waals surface area contributed by atoms with Gasteiger partial charge in [0.2, 0.25) is 0 Å². The molecule has 0 aliphatic carbocycles. The first-order valence-electron chi connectivity index (χ1n) is 8.97. The molecule has 28 heavy (non-hydrogen) atoms. The lowest BCUT2D eigenvalue weighted by atomic mass is 10.1. The maximum absolute atomic E-state index is 12.9. The minimum Gasteiger partial charge on any atom is -0.350 e. The first-order chi connectivity index (χ1) is 13.4. The minimum atomic E-state index is -0.203. The largest absolute Gasteiger partial charge is 0.350 e. The van der Waals surface area contributed by atoms with Crippen LogP contribution in [0.1, 0.15) is 27.4 Å². The number of pyridine rings is 1. The van der Waals surface area contributed by atoms with Gasteiger partial charge in [-0.25, -0.2) is 4.98 Å². The maximum atomic E-state index is 12.9. The highest BCUT2D eigenvalue weighted by Gasteiger charge is 2.19. The highest BCUT2D eigenvalue weighted by molar-refractivity contribution is 6.06. The van der Waals surface area contributed by atoms with E-state index in [2.05, 4.69) is 25.7 Å². The van der Waals surface area contributed by atoms with E-state index >= 15 is 0 Å². The molecular formula is C19H21N7O2. The first kappa shape index (κ1) is 17.9. The van der Waals surface area contributed by atoms with Crippen molar-refractivity contribution in [3.63, 3.8) is 0 Å². The molecule has 4 rings (SSSR count). The monoisotopic (exact) mass is 379 g/mol. The molecule has 4 aromatic heterocycles. The predicted octanol–water partition coefficient (Wildman–Crippen LogP) is 2.18. The Bertz CT molecular complexity index is 1170. The van der Waals surface area contributed by atoms with Gasteiger partial charge >= 0.3 is 0 Å². The van der Waals surface area contributed by atoms with Crippen LogP contribution in [0.3, 0.4) is 0 Å². The highest BCUT2D eigenvalue weighted by Crippen LogP contribution is 2.26. The van der Waals surface area contributed by atoms with E-state index < -0.39 is 0 Å². The minimum absolute atomic E-state index is 0.203. The molecule has 0 atom stereocenters. The van der Waals surface area contributed by atoms with Crippen molar-refractivity contribution < 1.29 is 9.32 Å². The van der Waals surface area contributed by atoms with Gasteiger partial charge in [0, 0.05) is 31.0 Å². The Balaban J connectivity index is 1.61. The van der Waals surface area contributed by atoms with Crippen molar-refractivity contribution in [2.75, 3.05) is 6.54 Å². The summed E-state index contributed by atoms with van der Waals surface area (Å²) in [7, 11) is 1.83. The molecule has 0 aromatic carbocycles. The molecule has 144 valence electrons. The number of carbonyl (C=O) groups excluding carboxylic acids is 1. The Morgan fingerprint density at radius 3 is 2.75 bits per heavy atom. The van der Waals surface area contributed by atoms with Crippen molar-refractivity contribution in [1.82, 2.24) is 35.0 Å². The molecular weight excluding hydrogens is 358 g/mol. The molecule has 0 aliphatic heterocycles. The van der Waals surface area contributed by atoms with E-state index in [0.717, 1.165) is 17.0 Å². The van der Waals surface area contributed by atoms with Gasteiger partial charge in [-0.05, 0) is 32.9 Å². The number of amides is 1. The number of carbonyl (C=O) groups is 1. The lowest BCUT2D eigenvalue weighted by Gasteiger charge is -2.09. The molecule has 4 aromatic rings. The number of nitrogens with one attached hydrogen (secondary N) is 1. The number of hydrogen-bond acceptors (Lipinski definition) is 6. The average Bonchev–Trinajstić information content (AvgIpc) is 3.34. The van der Waals surface area contributed by atoms with E-state index in [1.807, 2.05) is 37.8 Å². The average molecular weight is 379 g/mol. The Morgan fingerprint density at radius 1 is 1.25 bits per heavy atom. The van der Waals surface area contributed by atoms with Gasteiger partial charge in [-0.15, -0.1) is 0 Å². The van der Waals surface area contributed by atoms with Gasteiger partial charge < -0.3 is 9.84 Å². The Labute approximate surface area is 161 Å². The van der Waals surface area contributed by atoms with Crippen molar-refractivity contribution in [2.24, 2.45) is 7.05 Å². The molecule has 0 radical (unpaired) electrons. The summed E-state index contributed by atoms with van der Waals surface area (Å²) in [6.07, 6.45) is 3.53. The Morgan fingerprint density at radius 2 is 2.07 bits per heavy atom. The quantitative estimate of drug-likeness (QED) is 0.570. The molecule has 0 fully saturated rings. The zero-order valence-electron chi connectivity index (χ0n) is 16.2. The molecule has 9 nitrogen and oxygen atoms in total. The van der Waals surface area contributed by atoms with Gasteiger partial charge in [-0.1, -0.05) is 5.16 Å². The normalized spacial score (nSPS) is 11.3. The van der Waals surface area contributed by atoms with Gasteiger partial charge in [-0.3, -0.25) is 14.2 Å². The van der Waals surface area contributed by atoms with Crippen LogP contribution < -0.4 is 5.32 Å². The summed E-state index contributed by atoms with van der Waals surface area (Å²) < 4.78 is 8.88. The van der Waals surface area contributed by atoms with Gasteiger partial charge in [0.25, 0.3) is 11.6 Å². The predicted molar refractivity (Wildman–Crippen MR) is 103 cm³/mol. The van der Waals surface area contributed by atoms with Gasteiger partial charge in [0.05, 0.1) is 40.8 Å². The topological polar surface area (TPSA) is 104 Å². The van der Waals surface area contributed by atoms with Crippen LogP contribution in [-0.4, -0.2) is 42.2 Å². The van der Waals surface area contributed by atoms with Crippen LogP contribution in [0.25, 0.3) is 22.4 Å². The second-order valence-corrected chi connectivity index (χ2v) is 6.81. The summed E-state index contributed by atoms with van der Waals surface area (Å²) in [4.78, 5) is 17.4. The fraction of sp³-hybridized carbons (Fsp3) is 0.316. The van der Waals surface area contributed by atoms with Crippen molar-refractivity contribution in [3.05, 3.63) is 47.2 Å². The van der Waals surface area contributed by atoms with Crippen molar-refractivity contribution >= 4 is 17.0 Å². The maximum Gasteiger partial charge on any atom is 0.259 e. The van der Waals surface area contributed by atoms with Gasteiger partial charge in [0.15, 0.2) is 0 Å². The zero-order chi connectivity index (χ0) is 19.8. The molecule has 9 heteroatoms. The summed E-state index contributed by atoms with van der Waals surface area (Å²) in [5, 5.41) is 16.1. The van der Waals surface area contributed by atoms with E-state index in [1.165, 1.54) is 0 Å². The third kappa shape index (κ3) is 3.26. The summed E-state index contributed by atoms with van der Waals surface area (Å²) in [5.74, 6) is -0.203. The number of aromatic nitrogens is 6. The summed E-state index contributed by atoms with van der Waals surface area (Å²) in [6.45, 7) is 6.79. The number of nitrogens with zero attached hydrogens (tertiary/aromatic N) is 6. The van der Waals surface area contributed by atoms with E-state index in [-0.39, 0.29) is 5.91 Å². The third-order valence-corrected chi connectivity index (χ3v) is 4.57. The molecule has 0 saturated carbocycles. The molecule has 0 unspecified atom stereocenters. The van der Waals surface area contributed by atoms with Crippen LogP contribution in [0.4, 0.5) is 0 Å². The second-order valence-electron chi connectivity index (χ2n) is 6.81. The Hall–Kier alpha value is -3.49. The summed E-state index contributed by atoms with van der Waals surface area (Å²) in [5.41, 5.74) is 4.88. The van der Waals surface area contributed by atoms with E-state index in [9.17, 15) is 4.79 Å². The van der Waals surface area contributed by atoms with Crippen LogP contribution in [0.15, 0.2) is 29.0 Å². The van der Waals surface area contributed by atoms with Crippen LogP contribution in [0.5, 0.6) is 0 Å². The number of aryl methyl sites for hydroxylation is 4. The van der Waals surface area contributed by atoms with Crippen LogP contribution in [-0.2, 0) is 13.6 Å². The standard InChI is InChI=1S/C19H21N7O2/c1-11-7-12(2)26(23-11)6-5-20-18(27)15-8-16(14-9-21-25(4)10-14)22-19-17(15)13(3)24-28-19/h7-10H,5-6H2,1-4H3,(H,20,27). The van der Waals surface area contributed by atoms with Crippen LogP contribution in [0, 0.1) is 20.8 Å². The number of fused-ring (bicyclic) bond motifs is 1. The molecule has 0 aliphatic rings.